The molecule has 0 saturated heterocycles. The fraction of sp³-hybridized carbons (Fsp3) is 0.500. The van der Waals surface area contributed by atoms with E-state index in [1.807, 2.05) is 0 Å². The number of nitrogens with zero attached hydrogens (tertiary/aromatic N) is 2. The highest BCUT2D eigenvalue weighted by atomic mass is 16.4. The third-order valence-electron chi connectivity index (χ3n) is 4.19. The summed E-state index contributed by atoms with van der Waals surface area (Å²) in [4.78, 5) is 72.0. The van der Waals surface area contributed by atoms with Gasteiger partial charge in [0.25, 0.3) is 0 Å². The Morgan fingerprint density at radius 1 is 0.872 bits per heavy atom. The van der Waals surface area contributed by atoms with Crippen molar-refractivity contribution in [2.75, 3.05) is 6.54 Å². The molecular formula is C20H33N7O12. The van der Waals surface area contributed by atoms with Crippen LogP contribution in [0.4, 0.5) is 0 Å². The SMILES string of the molecule is NC(Cc1cnc[nH]1)C(=O)O.NC(N)=NCCCC(NC(CC(=O)O)C(=O)O)C(=O)O.O=C(O)CCC(=O)O. The number of carboxylic acids is 6. The van der Waals surface area contributed by atoms with Crippen LogP contribution >= 0.6 is 0 Å². The van der Waals surface area contributed by atoms with Crippen molar-refractivity contribution in [3.05, 3.63) is 18.2 Å². The Morgan fingerprint density at radius 3 is 1.77 bits per heavy atom. The highest BCUT2D eigenvalue weighted by Crippen LogP contribution is 2.03. The molecule has 0 fully saturated rings. The van der Waals surface area contributed by atoms with Crippen LogP contribution in [-0.4, -0.2) is 107 Å². The van der Waals surface area contributed by atoms with Gasteiger partial charge in [-0.05, 0) is 12.8 Å². The van der Waals surface area contributed by atoms with Crippen LogP contribution in [0.25, 0.3) is 0 Å². The third-order valence-corrected chi connectivity index (χ3v) is 4.19. The predicted molar refractivity (Wildman–Crippen MR) is 131 cm³/mol. The molecule has 1 aromatic rings. The molecule has 0 aliphatic heterocycles. The van der Waals surface area contributed by atoms with Crippen molar-refractivity contribution in [3.63, 3.8) is 0 Å². The van der Waals surface area contributed by atoms with E-state index in [1.165, 1.54) is 6.33 Å². The maximum atomic E-state index is 11.0. The lowest BCUT2D eigenvalue weighted by Gasteiger charge is -2.18. The Hall–Kier alpha value is -4.78. The van der Waals surface area contributed by atoms with Crippen LogP contribution in [0.3, 0.4) is 0 Å². The number of rotatable bonds is 16. The van der Waals surface area contributed by atoms with Crippen LogP contribution < -0.4 is 22.5 Å². The van der Waals surface area contributed by atoms with Crippen LogP contribution in [0.1, 0.15) is 37.8 Å². The molecule has 19 nitrogen and oxygen atoms in total. The van der Waals surface area contributed by atoms with Crippen molar-refractivity contribution in [3.8, 4) is 0 Å². The summed E-state index contributed by atoms with van der Waals surface area (Å²) in [6.07, 6.45) is 2.40. The van der Waals surface area contributed by atoms with E-state index in [9.17, 15) is 28.8 Å². The van der Waals surface area contributed by atoms with Gasteiger partial charge in [-0.25, -0.2) is 4.98 Å². The molecule has 14 N–H and O–H groups in total. The van der Waals surface area contributed by atoms with Gasteiger partial charge in [-0.15, -0.1) is 0 Å². The van der Waals surface area contributed by atoms with Crippen molar-refractivity contribution >= 4 is 41.8 Å². The topological polar surface area (TPSA) is 355 Å². The number of nitrogens with two attached hydrogens (primary N) is 3. The number of H-pyrrole nitrogens is 1. The molecule has 1 heterocycles. The maximum Gasteiger partial charge on any atom is 0.321 e. The molecule has 0 saturated carbocycles. The van der Waals surface area contributed by atoms with Crippen LogP contribution in [-0.2, 0) is 35.2 Å². The highest BCUT2D eigenvalue weighted by molar-refractivity contribution is 5.82. The molecule has 1 aromatic heterocycles. The molecule has 0 aromatic carbocycles. The summed E-state index contributed by atoms with van der Waals surface area (Å²) in [6.45, 7) is 0.199. The fourth-order valence-corrected chi connectivity index (χ4v) is 2.35. The first-order chi connectivity index (χ1) is 18.1. The molecule has 0 radical (unpaired) electrons. The van der Waals surface area contributed by atoms with Gasteiger partial charge in [-0.3, -0.25) is 39.1 Å². The van der Waals surface area contributed by atoms with E-state index in [0.29, 0.717) is 6.42 Å². The predicted octanol–water partition coefficient (Wildman–Crippen LogP) is -2.69. The van der Waals surface area contributed by atoms with Gasteiger partial charge in [0.15, 0.2) is 5.96 Å². The first kappa shape index (κ1) is 36.4. The maximum absolute atomic E-state index is 11.0. The second-order valence-electron chi connectivity index (χ2n) is 7.51. The number of aliphatic imine (C=N–C) groups is 1. The Morgan fingerprint density at radius 2 is 1.41 bits per heavy atom. The third kappa shape index (κ3) is 22.2. The van der Waals surface area contributed by atoms with Crippen LogP contribution in [0, 0.1) is 0 Å². The average Bonchev–Trinajstić information content (AvgIpc) is 3.32. The van der Waals surface area contributed by atoms with Crippen molar-refractivity contribution < 1.29 is 59.4 Å². The molecule has 39 heavy (non-hydrogen) atoms. The van der Waals surface area contributed by atoms with Gasteiger partial charge in [0.05, 0.1) is 25.6 Å². The highest BCUT2D eigenvalue weighted by Gasteiger charge is 2.27. The molecule has 0 aliphatic rings. The zero-order valence-corrected chi connectivity index (χ0v) is 20.6. The minimum absolute atomic E-state index is 0.0650. The summed E-state index contributed by atoms with van der Waals surface area (Å²) in [5.41, 5.74) is 16.2. The summed E-state index contributed by atoms with van der Waals surface area (Å²) >= 11 is 0. The zero-order valence-electron chi connectivity index (χ0n) is 20.6. The number of carboxylic acid groups (broad SMARTS) is 6. The summed E-state index contributed by atoms with van der Waals surface area (Å²) in [5, 5.41) is 52.8. The molecule has 0 bridgehead atoms. The number of aromatic amines is 1. The number of imidazole rings is 1. The fourth-order valence-electron chi connectivity index (χ4n) is 2.35. The van der Waals surface area contributed by atoms with E-state index >= 15 is 0 Å². The summed E-state index contributed by atoms with van der Waals surface area (Å²) in [7, 11) is 0. The van der Waals surface area contributed by atoms with Gasteiger partial charge in [0, 0.05) is 24.9 Å². The largest absolute Gasteiger partial charge is 0.481 e. The van der Waals surface area contributed by atoms with E-state index in [0.717, 1.165) is 5.69 Å². The van der Waals surface area contributed by atoms with Crippen molar-refractivity contribution in [1.82, 2.24) is 15.3 Å². The van der Waals surface area contributed by atoms with Gasteiger partial charge in [-0.1, -0.05) is 0 Å². The molecule has 0 amide bonds. The van der Waals surface area contributed by atoms with Crippen molar-refractivity contribution in [1.29, 1.82) is 0 Å². The van der Waals surface area contributed by atoms with Crippen LogP contribution in [0.15, 0.2) is 17.5 Å². The van der Waals surface area contributed by atoms with E-state index in [2.05, 4.69) is 20.3 Å². The van der Waals surface area contributed by atoms with E-state index in [4.69, 9.17) is 47.8 Å². The van der Waals surface area contributed by atoms with Gasteiger partial charge >= 0.3 is 35.8 Å². The Labute approximate surface area is 220 Å². The molecule has 0 spiro atoms. The number of aromatic nitrogens is 2. The number of guanidine groups is 1. The van der Waals surface area contributed by atoms with E-state index < -0.39 is 60.4 Å². The molecule has 220 valence electrons. The summed E-state index contributed by atoms with van der Waals surface area (Å²) in [6, 6.07) is -3.52. The van der Waals surface area contributed by atoms with E-state index in [1.54, 1.807) is 6.20 Å². The molecule has 3 unspecified atom stereocenters. The molecule has 19 heteroatoms. The zero-order chi connectivity index (χ0) is 30.5. The number of aliphatic carboxylic acids is 6. The number of carbonyl (C=O) groups is 6. The second-order valence-corrected chi connectivity index (χ2v) is 7.51. The minimum atomic E-state index is -1.48. The van der Waals surface area contributed by atoms with Gasteiger partial charge < -0.3 is 52.8 Å². The lowest BCUT2D eigenvalue weighted by Crippen LogP contribution is -2.48. The monoisotopic (exact) mass is 563 g/mol. The number of hydrogen-bond donors (Lipinski definition) is 11. The molecular weight excluding hydrogens is 530 g/mol. The molecule has 1 rings (SSSR count). The van der Waals surface area contributed by atoms with Crippen molar-refractivity contribution in [2.45, 2.75) is 56.7 Å². The Bertz CT molecular complexity index is 950. The lowest BCUT2D eigenvalue weighted by atomic mass is 10.1. The Balaban J connectivity index is 0. The number of nitrogens with one attached hydrogen (secondary N) is 2. The minimum Gasteiger partial charge on any atom is -0.481 e. The first-order valence-electron chi connectivity index (χ1n) is 10.9. The lowest BCUT2D eigenvalue weighted by molar-refractivity contribution is -0.148. The van der Waals surface area contributed by atoms with Gasteiger partial charge in [0.1, 0.15) is 18.1 Å². The normalized spacial score (nSPS) is 12.1. The van der Waals surface area contributed by atoms with E-state index in [-0.39, 0.29) is 38.2 Å². The van der Waals surface area contributed by atoms with Gasteiger partial charge in [0.2, 0.25) is 0 Å². The van der Waals surface area contributed by atoms with Crippen LogP contribution in [0.2, 0.25) is 0 Å². The smallest absolute Gasteiger partial charge is 0.321 e. The van der Waals surface area contributed by atoms with Gasteiger partial charge in [-0.2, -0.15) is 0 Å². The second kappa shape index (κ2) is 20.3. The summed E-state index contributed by atoms with van der Waals surface area (Å²) in [5.74, 6) is -7.32. The Kier molecular flexibility index (Phi) is 18.9. The van der Waals surface area contributed by atoms with Crippen LogP contribution in [0.5, 0.6) is 0 Å². The molecule has 0 aliphatic carbocycles. The first-order valence-corrected chi connectivity index (χ1v) is 10.9. The quantitative estimate of drug-likeness (QED) is 0.0553. The standard InChI is InChI=1S/C10H18N4O6.C6H9N3O2.C4H6O4/c11-10(12)13-3-1-2-5(8(17)18)14-6(9(19)20)4-7(15)16;7-5(6(10)11)1-4-2-8-3-9-4;5-3(6)1-2-4(7)8/h5-6,14H,1-4H2,(H,15,16)(H,17,18)(H,19,20)(H4,11,12,13);2-3,5H,1,7H2,(H,8,9)(H,10,11);1-2H2,(H,5,6)(H,7,8). The van der Waals surface area contributed by atoms with Crippen molar-refractivity contribution in [2.24, 2.45) is 22.2 Å². The molecule has 3 atom stereocenters. The summed E-state index contributed by atoms with van der Waals surface area (Å²) < 4.78 is 0. The average molecular weight is 564 g/mol. The number of hydrogen-bond acceptors (Lipinski definition) is 10.